The summed E-state index contributed by atoms with van der Waals surface area (Å²) in [7, 11) is 0. The van der Waals surface area contributed by atoms with Crippen molar-refractivity contribution in [3.05, 3.63) is 77.9 Å². The van der Waals surface area contributed by atoms with Crippen molar-refractivity contribution in [3.63, 3.8) is 0 Å². The highest BCUT2D eigenvalue weighted by Gasteiger charge is 2.01. The van der Waals surface area contributed by atoms with E-state index in [2.05, 4.69) is 61.5 Å². The van der Waals surface area contributed by atoms with Gasteiger partial charge in [-0.2, -0.15) is 0 Å². The molecule has 1 nitrogen and oxygen atoms in total. The highest BCUT2D eigenvalue weighted by Crippen LogP contribution is 2.20. The van der Waals surface area contributed by atoms with Crippen LogP contribution < -0.4 is 4.74 Å². The van der Waals surface area contributed by atoms with Crippen LogP contribution in [0.5, 0.6) is 5.75 Å². The molecule has 0 bridgehead atoms. The van der Waals surface area contributed by atoms with Crippen molar-refractivity contribution < 1.29 is 4.74 Å². The maximum atomic E-state index is 5.86. The summed E-state index contributed by atoms with van der Waals surface area (Å²) in [6.45, 7) is 2.68. The van der Waals surface area contributed by atoms with Gasteiger partial charge in [-0.15, -0.1) is 0 Å². The Hall–Kier alpha value is -2.28. The Balaban J connectivity index is 1.84. The van der Waals surface area contributed by atoms with Crippen molar-refractivity contribution in [2.75, 3.05) is 0 Å². The molecular formula is C18H16O. The quantitative estimate of drug-likeness (QED) is 0.651. The van der Waals surface area contributed by atoms with Crippen LogP contribution >= 0.6 is 0 Å². The van der Waals surface area contributed by atoms with E-state index in [1.54, 1.807) is 0 Å². The lowest BCUT2D eigenvalue weighted by molar-refractivity contribution is 0.307. The van der Waals surface area contributed by atoms with Crippen LogP contribution in [0.1, 0.15) is 11.1 Å². The summed E-state index contributed by atoms with van der Waals surface area (Å²) in [6.07, 6.45) is 0. The van der Waals surface area contributed by atoms with Crippen LogP contribution in [0.25, 0.3) is 10.8 Å². The molecule has 0 atom stereocenters. The number of aryl methyl sites for hydroxylation is 1. The minimum absolute atomic E-state index is 0.602. The molecule has 0 radical (unpaired) electrons. The molecular weight excluding hydrogens is 232 g/mol. The molecule has 0 saturated carbocycles. The van der Waals surface area contributed by atoms with E-state index in [1.165, 1.54) is 21.9 Å². The molecule has 94 valence electrons. The minimum Gasteiger partial charge on any atom is -0.489 e. The third kappa shape index (κ3) is 2.60. The molecule has 0 fully saturated rings. The van der Waals surface area contributed by atoms with E-state index in [4.69, 9.17) is 4.74 Å². The molecule has 3 aromatic rings. The Morgan fingerprint density at radius 2 is 1.53 bits per heavy atom. The fraction of sp³-hybridized carbons (Fsp3) is 0.111. The van der Waals surface area contributed by atoms with E-state index >= 15 is 0 Å². The number of ether oxygens (including phenoxy) is 1. The number of hydrogen-bond donors (Lipinski definition) is 0. The van der Waals surface area contributed by atoms with E-state index in [0.29, 0.717) is 6.61 Å². The van der Waals surface area contributed by atoms with E-state index < -0.39 is 0 Å². The summed E-state index contributed by atoms with van der Waals surface area (Å²) in [5.41, 5.74) is 2.47. The number of fused-ring (bicyclic) bond motifs is 1. The van der Waals surface area contributed by atoms with Gasteiger partial charge in [0.25, 0.3) is 0 Å². The van der Waals surface area contributed by atoms with Crippen molar-refractivity contribution >= 4 is 10.8 Å². The zero-order chi connectivity index (χ0) is 13.1. The van der Waals surface area contributed by atoms with Crippen LogP contribution in [0.2, 0.25) is 0 Å². The van der Waals surface area contributed by atoms with Gasteiger partial charge in [0.2, 0.25) is 0 Å². The molecule has 0 aliphatic heterocycles. The molecule has 0 unspecified atom stereocenters. The van der Waals surface area contributed by atoms with Crippen LogP contribution in [-0.4, -0.2) is 0 Å². The van der Waals surface area contributed by atoms with Crippen LogP contribution in [0.3, 0.4) is 0 Å². The second kappa shape index (κ2) is 5.15. The number of rotatable bonds is 3. The summed E-state index contributed by atoms with van der Waals surface area (Å²) in [6, 6.07) is 22.9. The average Bonchev–Trinajstić information content (AvgIpc) is 2.47. The second-order valence-corrected chi connectivity index (χ2v) is 4.74. The summed E-state index contributed by atoms with van der Waals surface area (Å²) in [5, 5.41) is 2.52. The van der Waals surface area contributed by atoms with Crippen molar-refractivity contribution in [1.29, 1.82) is 0 Å². The van der Waals surface area contributed by atoms with Crippen LogP contribution in [0.15, 0.2) is 66.7 Å². The SMILES string of the molecule is Cc1ccc(OCc2cccc3ccccc23)cc1. The van der Waals surface area contributed by atoms with Gasteiger partial charge in [-0.25, -0.2) is 0 Å². The summed E-state index contributed by atoms with van der Waals surface area (Å²) < 4.78 is 5.86. The Morgan fingerprint density at radius 3 is 2.37 bits per heavy atom. The first-order chi connectivity index (χ1) is 9.33. The zero-order valence-corrected chi connectivity index (χ0v) is 11.0. The lowest BCUT2D eigenvalue weighted by Gasteiger charge is -2.09. The first-order valence-corrected chi connectivity index (χ1v) is 6.49. The maximum absolute atomic E-state index is 5.86. The monoisotopic (exact) mass is 248 g/mol. The Kier molecular flexibility index (Phi) is 3.20. The number of benzene rings is 3. The summed E-state index contributed by atoms with van der Waals surface area (Å²) >= 11 is 0. The molecule has 0 N–H and O–H groups in total. The molecule has 0 aromatic heterocycles. The largest absolute Gasteiger partial charge is 0.489 e. The minimum atomic E-state index is 0.602. The number of hydrogen-bond acceptors (Lipinski definition) is 1. The van der Waals surface area contributed by atoms with Crippen molar-refractivity contribution in [2.24, 2.45) is 0 Å². The van der Waals surface area contributed by atoms with Crippen molar-refractivity contribution in [2.45, 2.75) is 13.5 Å². The van der Waals surface area contributed by atoms with Gasteiger partial charge in [-0.05, 0) is 35.4 Å². The lowest BCUT2D eigenvalue weighted by Crippen LogP contribution is -1.96. The third-order valence-corrected chi connectivity index (χ3v) is 3.30. The van der Waals surface area contributed by atoms with Crippen molar-refractivity contribution in [3.8, 4) is 5.75 Å². The highest BCUT2D eigenvalue weighted by atomic mass is 16.5. The molecule has 0 saturated heterocycles. The van der Waals surface area contributed by atoms with Crippen LogP contribution in [0.4, 0.5) is 0 Å². The second-order valence-electron chi connectivity index (χ2n) is 4.74. The Labute approximate surface area is 113 Å². The molecule has 0 amide bonds. The van der Waals surface area contributed by atoms with Gasteiger partial charge in [0.05, 0.1) is 0 Å². The van der Waals surface area contributed by atoms with Gasteiger partial charge in [-0.1, -0.05) is 60.2 Å². The van der Waals surface area contributed by atoms with Gasteiger partial charge in [0, 0.05) is 0 Å². The summed E-state index contributed by atoms with van der Waals surface area (Å²) in [5.74, 6) is 0.915. The molecule has 0 heterocycles. The molecule has 1 heteroatoms. The molecule has 0 aliphatic carbocycles. The van der Waals surface area contributed by atoms with Crippen LogP contribution in [0, 0.1) is 6.92 Å². The topological polar surface area (TPSA) is 9.23 Å². The van der Waals surface area contributed by atoms with E-state index in [1.807, 2.05) is 12.1 Å². The Morgan fingerprint density at radius 1 is 0.789 bits per heavy atom. The maximum Gasteiger partial charge on any atom is 0.119 e. The summed E-state index contributed by atoms with van der Waals surface area (Å²) in [4.78, 5) is 0. The van der Waals surface area contributed by atoms with E-state index in [9.17, 15) is 0 Å². The smallest absolute Gasteiger partial charge is 0.119 e. The third-order valence-electron chi connectivity index (χ3n) is 3.30. The van der Waals surface area contributed by atoms with Gasteiger partial charge < -0.3 is 4.74 Å². The molecule has 19 heavy (non-hydrogen) atoms. The lowest BCUT2D eigenvalue weighted by atomic mass is 10.1. The van der Waals surface area contributed by atoms with Gasteiger partial charge >= 0.3 is 0 Å². The first kappa shape index (κ1) is 11.8. The van der Waals surface area contributed by atoms with Gasteiger partial charge in [0.15, 0.2) is 0 Å². The molecule has 3 aromatic carbocycles. The molecule has 0 spiro atoms. The first-order valence-electron chi connectivity index (χ1n) is 6.49. The van der Waals surface area contributed by atoms with E-state index in [-0.39, 0.29) is 0 Å². The predicted octanol–water partition coefficient (Wildman–Crippen LogP) is 4.73. The van der Waals surface area contributed by atoms with Crippen LogP contribution in [-0.2, 0) is 6.61 Å². The van der Waals surface area contributed by atoms with Gasteiger partial charge in [-0.3, -0.25) is 0 Å². The normalized spacial score (nSPS) is 10.6. The highest BCUT2D eigenvalue weighted by molar-refractivity contribution is 5.85. The fourth-order valence-corrected chi connectivity index (χ4v) is 2.21. The predicted molar refractivity (Wildman–Crippen MR) is 79.5 cm³/mol. The average molecular weight is 248 g/mol. The fourth-order valence-electron chi connectivity index (χ4n) is 2.21. The Bertz CT molecular complexity index is 678. The van der Waals surface area contributed by atoms with Crippen molar-refractivity contribution in [1.82, 2.24) is 0 Å². The standard InChI is InChI=1S/C18H16O/c1-14-9-11-17(12-10-14)19-13-16-7-4-6-15-5-2-3-8-18(15)16/h2-12H,13H2,1H3. The van der Waals surface area contributed by atoms with E-state index in [0.717, 1.165) is 5.75 Å². The van der Waals surface area contributed by atoms with Gasteiger partial charge in [0.1, 0.15) is 12.4 Å². The molecule has 3 rings (SSSR count). The zero-order valence-electron chi connectivity index (χ0n) is 11.0. The molecule has 0 aliphatic rings.